The topological polar surface area (TPSA) is 109 Å². The Balaban J connectivity index is 1.76. The molecule has 1 aromatic heterocycles. The molecule has 0 atom stereocenters. The maximum atomic E-state index is 12.3. The van der Waals surface area contributed by atoms with Gasteiger partial charge in [-0.2, -0.15) is 5.26 Å². The van der Waals surface area contributed by atoms with E-state index in [0.29, 0.717) is 17.1 Å². The second-order valence-corrected chi connectivity index (χ2v) is 6.49. The molecule has 0 aliphatic heterocycles. The SMILES string of the molecule is N#CC(=Cc1ccc(-c2cccc([N+](=O)[O-])c2)o1)C(=O)NC1CCCCC1. The van der Waals surface area contributed by atoms with Gasteiger partial charge < -0.3 is 9.73 Å². The van der Waals surface area contributed by atoms with Crippen LogP contribution in [0, 0.1) is 21.4 Å². The van der Waals surface area contributed by atoms with Crippen LogP contribution in [0.15, 0.2) is 46.4 Å². The summed E-state index contributed by atoms with van der Waals surface area (Å²) in [4.78, 5) is 22.7. The molecule has 0 saturated heterocycles. The minimum Gasteiger partial charge on any atom is -0.457 e. The van der Waals surface area contributed by atoms with Crippen LogP contribution in [0.1, 0.15) is 37.9 Å². The van der Waals surface area contributed by atoms with E-state index in [1.807, 2.05) is 6.07 Å². The van der Waals surface area contributed by atoms with Crippen molar-refractivity contribution in [2.75, 3.05) is 0 Å². The average molecular weight is 365 g/mol. The molecule has 0 spiro atoms. The second kappa shape index (κ2) is 8.32. The fraction of sp³-hybridized carbons (Fsp3) is 0.300. The van der Waals surface area contributed by atoms with Crippen LogP contribution in [0.2, 0.25) is 0 Å². The number of hydrogen-bond donors (Lipinski definition) is 1. The van der Waals surface area contributed by atoms with Crippen LogP contribution >= 0.6 is 0 Å². The van der Waals surface area contributed by atoms with Crippen LogP contribution in [0.3, 0.4) is 0 Å². The van der Waals surface area contributed by atoms with Gasteiger partial charge in [-0.15, -0.1) is 0 Å². The number of nitrogens with zero attached hydrogens (tertiary/aromatic N) is 2. The van der Waals surface area contributed by atoms with Crippen LogP contribution in [0.5, 0.6) is 0 Å². The zero-order valence-corrected chi connectivity index (χ0v) is 14.7. The predicted molar refractivity (Wildman–Crippen MR) is 99.4 cm³/mol. The number of nitriles is 1. The summed E-state index contributed by atoms with van der Waals surface area (Å²) in [7, 11) is 0. The normalized spacial score (nSPS) is 15.1. The summed E-state index contributed by atoms with van der Waals surface area (Å²) in [5.74, 6) is 0.361. The summed E-state index contributed by atoms with van der Waals surface area (Å²) in [5, 5.41) is 23.1. The molecule has 1 N–H and O–H groups in total. The van der Waals surface area contributed by atoms with E-state index in [-0.39, 0.29) is 17.3 Å². The number of furan rings is 1. The van der Waals surface area contributed by atoms with Gasteiger partial charge in [0.2, 0.25) is 0 Å². The number of nitrogens with one attached hydrogen (secondary N) is 1. The fourth-order valence-corrected chi connectivity index (χ4v) is 3.16. The lowest BCUT2D eigenvalue weighted by Gasteiger charge is -2.22. The van der Waals surface area contributed by atoms with Gasteiger partial charge in [-0.05, 0) is 25.0 Å². The molecule has 1 saturated carbocycles. The van der Waals surface area contributed by atoms with Gasteiger partial charge in [0, 0.05) is 29.8 Å². The number of non-ortho nitro benzene ring substituents is 1. The number of amides is 1. The molecule has 7 heteroatoms. The van der Waals surface area contributed by atoms with Crippen LogP contribution in [-0.4, -0.2) is 16.9 Å². The smallest absolute Gasteiger partial charge is 0.270 e. The molecule has 1 aliphatic rings. The van der Waals surface area contributed by atoms with E-state index in [9.17, 15) is 20.2 Å². The molecule has 3 rings (SSSR count). The maximum Gasteiger partial charge on any atom is 0.270 e. The molecule has 7 nitrogen and oxygen atoms in total. The van der Waals surface area contributed by atoms with Crippen LogP contribution in [0.25, 0.3) is 17.4 Å². The Morgan fingerprint density at radius 1 is 1.26 bits per heavy atom. The Hall–Kier alpha value is -3.40. The quantitative estimate of drug-likeness (QED) is 0.369. The lowest BCUT2D eigenvalue weighted by Crippen LogP contribution is -2.36. The molecule has 0 unspecified atom stereocenters. The lowest BCUT2D eigenvalue weighted by molar-refractivity contribution is -0.384. The van der Waals surface area contributed by atoms with Crippen molar-refractivity contribution in [3.8, 4) is 17.4 Å². The van der Waals surface area contributed by atoms with E-state index in [1.54, 1.807) is 24.3 Å². The molecular weight excluding hydrogens is 346 g/mol. The van der Waals surface area contributed by atoms with Gasteiger partial charge in [0.25, 0.3) is 11.6 Å². The summed E-state index contributed by atoms with van der Waals surface area (Å²) < 4.78 is 5.65. The summed E-state index contributed by atoms with van der Waals surface area (Å²) in [6, 6.07) is 11.4. The van der Waals surface area contributed by atoms with Crippen molar-refractivity contribution in [3.05, 3.63) is 57.8 Å². The van der Waals surface area contributed by atoms with Crippen LogP contribution in [-0.2, 0) is 4.79 Å². The molecular formula is C20H19N3O4. The molecule has 1 heterocycles. The van der Waals surface area contributed by atoms with Crippen molar-refractivity contribution >= 4 is 17.7 Å². The Bertz CT molecular complexity index is 917. The number of nitro benzene ring substituents is 1. The molecule has 1 amide bonds. The summed E-state index contributed by atoms with van der Waals surface area (Å²) in [5.41, 5.74) is 0.486. The first-order valence-corrected chi connectivity index (χ1v) is 8.84. The van der Waals surface area contributed by atoms with E-state index in [2.05, 4.69) is 5.32 Å². The van der Waals surface area contributed by atoms with Crippen molar-refractivity contribution in [1.29, 1.82) is 5.26 Å². The highest BCUT2D eigenvalue weighted by molar-refractivity contribution is 6.01. The zero-order chi connectivity index (χ0) is 19.2. The molecule has 138 valence electrons. The van der Waals surface area contributed by atoms with Crippen molar-refractivity contribution in [3.63, 3.8) is 0 Å². The number of benzene rings is 1. The van der Waals surface area contributed by atoms with E-state index in [4.69, 9.17) is 4.42 Å². The van der Waals surface area contributed by atoms with Crippen molar-refractivity contribution in [2.45, 2.75) is 38.1 Å². The number of rotatable bonds is 5. The average Bonchev–Trinajstić information content (AvgIpc) is 3.15. The summed E-state index contributed by atoms with van der Waals surface area (Å²) in [6.07, 6.45) is 6.60. The van der Waals surface area contributed by atoms with E-state index in [0.717, 1.165) is 25.7 Å². The van der Waals surface area contributed by atoms with Crippen molar-refractivity contribution in [2.24, 2.45) is 0 Å². The first-order valence-electron chi connectivity index (χ1n) is 8.84. The number of carbonyl (C=O) groups excluding carboxylic acids is 1. The Morgan fingerprint density at radius 2 is 2.04 bits per heavy atom. The van der Waals surface area contributed by atoms with Gasteiger partial charge in [-0.3, -0.25) is 14.9 Å². The first kappa shape index (κ1) is 18.4. The highest BCUT2D eigenvalue weighted by atomic mass is 16.6. The summed E-state index contributed by atoms with van der Waals surface area (Å²) in [6.45, 7) is 0. The lowest BCUT2D eigenvalue weighted by atomic mass is 9.95. The van der Waals surface area contributed by atoms with Crippen LogP contribution < -0.4 is 5.32 Å². The van der Waals surface area contributed by atoms with Gasteiger partial charge in [-0.1, -0.05) is 31.4 Å². The van der Waals surface area contributed by atoms with Crippen molar-refractivity contribution < 1.29 is 14.1 Å². The Morgan fingerprint density at radius 3 is 2.74 bits per heavy atom. The van der Waals surface area contributed by atoms with E-state index in [1.165, 1.54) is 24.6 Å². The standard InChI is InChI=1S/C20H19N3O4/c21-13-15(20(24)22-16-6-2-1-3-7-16)12-18-9-10-19(27-18)14-5-4-8-17(11-14)23(25)26/h4-5,8-12,16H,1-3,6-7H2,(H,22,24). The predicted octanol–water partition coefficient (Wildman–Crippen LogP) is 4.21. The van der Waals surface area contributed by atoms with E-state index >= 15 is 0 Å². The minimum absolute atomic E-state index is 0.0273. The van der Waals surface area contributed by atoms with Gasteiger partial charge in [0.05, 0.1) is 4.92 Å². The third-order valence-corrected chi connectivity index (χ3v) is 4.56. The van der Waals surface area contributed by atoms with Gasteiger partial charge in [0.15, 0.2) is 0 Å². The van der Waals surface area contributed by atoms with Gasteiger partial charge in [0.1, 0.15) is 23.2 Å². The molecule has 27 heavy (non-hydrogen) atoms. The third kappa shape index (κ3) is 4.61. The molecule has 0 radical (unpaired) electrons. The summed E-state index contributed by atoms with van der Waals surface area (Å²) >= 11 is 0. The Labute approximate surface area is 156 Å². The van der Waals surface area contributed by atoms with E-state index < -0.39 is 10.8 Å². The second-order valence-electron chi connectivity index (χ2n) is 6.49. The molecule has 0 bridgehead atoms. The molecule has 1 fully saturated rings. The van der Waals surface area contributed by atoms with Gasteiger partial charge >= 0.3 is 0 Å². The largest absolute Gasteiger partial charge is 0.457 e. The maximum absolute atomic E-state index is 12.3. The highest BCUT2D eigenvalue weighted by Gasteiger charge is 2.18. The molecule has 2 aromatic rings. The zero-order valence-electron chi connectivity index (χ0n) is 14.7. The fourth-order valence-electron chi connectivity index (χ4n) is 3.16. The highest BCUT2D eigenvalue weighted by Crippen LogP contribution is 2.26. The van der Waals surface area contributed by atoms with Gasteiger partial charge in [-0.25, -0.2) is 0 Å². The monoisotopic (exact) mass is 365 g/mol. The van der Waals surface area contributed by atoms with Crippen LogP contribution in [0.4, 0.5) is 5.69 Å². The number of nitro groups is 1. The number of carbonyl (C=O) groups is 1. The molecule has 1 aliphatic carbocycles. The first-order chi connectivity index (χ1) is 13.1. The Kier molecular flexibility index (Phi) is 5.67. The minimum atomic E-state index is -0.476. The van der Waals surface area contributed by atoms with Crippen molar-refractivity contribution in [1.82, 2.24) is 5.32 Å². The number of hydrogen-bond acceptors (Lipinski definition) is 5. The molecule has 1 aromatic carbocycles. The third-order valence-electron chi connectivity index (χ3n) is 4.56.